The van der Waals surface area contributed by atoms with Crippen molar-refractivity contribution < 1.29 is 18.7 Å². The number of carbonyl (C=O) groups is 1. The largest absolute Gasteiger partial charge is 0.481 e. The van der Waals surface area contributed by atoms with Gasteiger partial charge in [0.25, 0.3) is 6.43 Å². The molecule has 21 heavy (non-hydrogen) atoms. The van der Waals surface area contributed by atoms with Crippen LogP contribution < -0.4 is 0 Å². The van der Waals surface area contributed by atoms with Crippen molar-refractivity contribution in [3.8, 4) is 0 Å². The Bertz CT molecular complexity index is 471. The van der Waals surface area contributed by atoms with Crippen LogP contribution in [0.5, 0.6) is 0 Å². The lowest BCUT2D eigenvalue weighted by atomic mass is 9.99. The number of hydrogen-bond acceptors (Lipinski definition) is 3. The highest BCUT2D eigenvalue weighted by Gasteiger charge is 2.26. The highest BCUT2D eigenvalue weighted by atomic mass is 19.3. The van der Waals surface area contributed by atoms with E-state index in [1.165, 1.54) is 12.1 Å². The smallest absolute Gasteiger partial charge is 0.305 e. The first-order chi connectivity index (χ1) is 9.97. The summed E-state index contributed by atoms with van der Waals surface area (Å²) in [5.74, 6) is -0.878. The molecule has 1 aromatic carbocycles. The third-order valence-electron chi connectivity index (χ3n) is 3.92. The molecule has 0 amide bonds. The van der Waals surface area contributed by atoms with Crippen LogP contribution in [0.1, 0.15) is 30.0 Å². The molecule has 1 aliphatic heterocycles. The van der Waals surface area contributed by atoms with Crippen LogP contribution in [0.2, 0.25) is 0 Å². The quantitative estimate of drug-likeness (QED) is 0.906. The lowest BCUT2D eigenvalue weighted by Gasteiger charge is -2.37. The molecule has 4 nitrogen and oxygen atoms in total. The number of carboxylic acids is 1. The lowest BCUT2D eigenvalue weighted by Crippen LogP contribution is -2.46. The molecular formula is C15H20F2N2O2. The standard InChI is InChI=1S/C15H20F2N2O2/c1-18-6-8-19(9-7-18)13(10-14(20)21)11-2-4-12(5-3-11)15(16)17/h2-5,13,15H,6-10H2,1H3,(H,20,21). The van der Waals surface area contributed by atoms with Gasteiger partial charge in [0.2, 0.25) is 0 Å². The van der Waals surface area contributed by atoms with E-state index < -0.39 is 12.4 Å². The van der Waals surface area contributed by atoms with Gasteiger partial charge in [-0.3, -0.25) is 9.69 Å². The fourth-order valence-corrected chi connectivity index (χ4v) is 2.62. The predicted octanol–water partition coefficient (Wildman–Crippen LogP) is 2.39. The van der Waals surface area contributed by atoms with Crippen molar-refractivity contribution in [2.24, 2.45) is 0 Å². The maximum atomic E-state index is 12.6. The Kier molecular flexibility index (Phi) is 5.25. The van der Waals surface area contributed by atoms with E-state index in [1.807, 2.05) is 7.05 Å². The summed E-state index contributed by atoms with van der Waals surface area (Å²) < 4.78 is 25.2. The molecule has 0 aromatic heterocycles. The van der Waals surface area contributed by atoms with Gasteiger partial charge < -0.3 is 10.0 Å². The maximum Gasteiger partial charge on any atom is 0.305 e. The van der Waals surface area contributed by atoms with Gasteiger partial charge in [-0.25, -0.2) is 8.78 Å². The molecule has 1 unspecified atom stereocenters. The van der Waals surface area contributed by atoms with E-state index >= 15 is 0 Å². The first-order valence-electron chi connectivity index (χ1n) is 7.00. The second kappa shape index (κ2) is 6.95. The molecule has 0 aliphatic carbocycles. The minimum absolute atomic E-state index is 0.0161. The number of carboxylic acid groups (broad SMARTS) is 1. The molecule has 2 rings (SSSR count). The molecule has 6 heteroatoms. The minimum Gasteiger partial charge on any atom is -0.481 e. The van der Waals surface area contributed by atoms with Crippen molar-refractivity contribution in [1.29, 1.82) is 0 Å². The number of likely N-dealkylation sites (N-methyl/N-ethyl adjacent to an activating group) is 1. The van der Waals surface area contributed by atoms with E-state index in [2.05, 4.69) is 9.80 Å². The normalized spacial score (nSPS) is 18.9. The van der Waals surface area contributed by atoms with Gasteiger partial charge in [-0.1, -0.05) is 24.3 Å². The molecule has 0 saturated carbocycles. The average molecular weight is 298 g/mol. The van der Waals surface area contributed by atoms with Crippen LogP contribution in [0.25, 0.3) is 0 Å². The third-order valence-corrected chi connectivity index (χ3v) is 3.92. The Balaban J connectivity index is 2.16. The summed E-state index contributed by atoms with van der Waals surface area (Å²) in [4.78, 5) is 15.4. The molecule has 0 spiro atoms. The number of halogens is 2. The summed E-state index contributed by atoms with van der Waals surface area (Å²) in [6, 6.07) is 5.74. The SMILES string of the molecule is CN1CCN(C(CC(=O)O)c2ccc(C(F)F)cc2)CC1. The van der Waals surface area contributed by atoms with E-state index in [1.54, 1.807) is 12.1 Å². The summed E-state index contributed by atoms with van der Waals surface area (Å²) in [7, 11) is 2.03. The number of rotatable bonds is 5. The Morgan fingerprint density at radius 3 is 2.14 bits per heavy atom. The van der Waals surface area contributed by atoms with Gasteiger partial charge in [-0.15, -0.1) is 0 Å². The summed E-state index contributed by atoms with van der Waals surface area (Å²) >= 11 is 0. The molecule has 1 fully saturated rings. The zero-order chi connectivity index (χ0) is 15.4. The second-order valence-corrected chi connectivity index (χ2v) is 5.42. The number of piperazine rings is 1. The number of hydrogen-bond donors (Lipinski definition) is 1. The van der Waals surface area contributed by atoms with Crippen LogP contribution in [0.3, 0.4) is 0 Å². The van der Waals surface area contributed by atoms with Gasteiger partial charge in [0.15, 0.2) is 0 Å². The van der Waals surface area contributed by atoms with Crippen molar-refractivity contribution in [3.63, 3.8) is 0 Å². The molecule has 1 N–H and O–H groups in total. The fraction of sp³-hybridized carbons (Fsp3) is 0.533. The molecule has 116 valence electrons. The lowest BCUT2D eigenvalue weighted by molar-refractivity contribution is -0.138. The van der Waals surface area contributed by atoms with E-state index in [4.69, 9.17) is 5.11 Å². The number of nitrogens with zero attached hydrogens (tertiary/aromatic N) is 2. The van der Waals surface area contributed by atoms with E-state index in [-0.39, 0.29) is 18.0 Å². The molecule has 1 saturated heterocycles. The van der Waals surface area contributed by atoms with E-state index in [0.29, 0.717) is 0 Å². The summed E-state index contributed by atoms with van der Waals surface area (Å²) in [5.41, 5.74) is 0.748. The zero-order valence-electron chi connectivity index (χ0n) is 12.0. The first kappa shape index (κ1) is 15.9. The summed E-state index contributed by atoms with van der Waals surface area (Å²) in [6.45, 7) is 3.33. The fourth-order valence-electron chi connectivity index (χ4n) is 2.62. The number of benzene rings is 1. The molecule has 1 aliphatic rings. The van der Waals surface area contributed by atoms with E-state index in [9.17, 15) is 13.6 Å². The van der Waals surface area contributed by atoms with Crippen molar-refractivity contribution in [1.82, 2.24) is 9.80 Å². The summed E-state index contributed by atoms with van der Waals surface area (Å²) in [6.07, 6.45) is -2.52. The molecule has 0 bridgehead atoms. The topological polar surface area (TPSA) is 43.8 Å². The number of aliphatic carboxylic acids is 1. The number of alkyl halides is 2. The van der Waals surface area contributed by atoms with Gasteiger partial charge >= 0.3 is 5.97 Å². The highest BCUT2D eigenvalue weighted by molar-refractivity contribution is 5.68. The Hall–Kier alpha value is -1.53. The van der Waals surface area contributed by atoms with Gasteiger partial charge in [-0.2, -0.15) is 0 Å². The van der Waals surface area contributed by atoms with Crippen LogP contribution in [-0.4, -0.2) is 54.1 Å². The van der Waals surface area contributed by atoms with E-state index in [0.717, 1.165) is 31.7 Å². The van der Waals surface area contributed by atoms with Crippen LogP contribution >= 0.6 is 0 Å². The van der Waals surface area contributed by atoms with Crippen LogP contribution in [0, 0.1) is 0 Å². The highest BCUT2D eigenvalue weighted by Crippen LogP contribution is 2.27. The monoisotopic (exact) mass is 298 g/mol. The van der Waals surface area contributed by atoms with Crippen LogP contribution in [-0.2, 0) is 4.79 Å². The zero-order valence-corrected chi connectivity index (χ0v) is 12.0. The molecule has 1 heterocycles. The van der Waals surface area contributed by atoms with Gasteiger partial charge in [0.05, 0.1) is 6.42 Å². The molecular weight excluding hydrogens is 278 g/mol. The predicted molar refractivity (Wildman–Crippen MR) is 75.5 cm³/mol. The average Bonchev–Trinajstić information content (AvgIpc) is 2.46. The van der Waals surface area contributed by atoms with Gasteiger partial charge in [-0.05, 0) is 12.6 Å². The third kappa shape index (κ3) is 4.22. The first-order valence-corrected chi connectivity index (χ1v) is 7.00. The van der Waals surface area contributed by atoms with Crippen molar-refractivity contribution in [2.75, 3.05) is 33.2 Å². The van der Waals surface area contributed by atoms with Gasteiger partial charge in [0, 0.05) is 37.8 Å². The molecule has 1 atom stereocenters. The molecule has 1 aromatic rings. The van der Waals surface area contributed by atoms with Crippen molar-refractivity contribution >= 4 is 5.97 Å². The maximum absolute atomic E-state index is 12.6. The van der Waals surface area contributed by atoms with Crippen LogP contribution in [0.15, 0.2) is 24.3 Å². The molecule has 0 radical (unpaired) electrons. The second-order valence-electron chi connectivity index (χ2n) is 5.42. The Morgan fingerprint density at radius 1 is 1.14 bits per heavy atom. The van der Waals surface area contributed by atoms with Gasteiger partial charge in [0.1, 0.15) is 0 Å². The summed E-state index contributed by atoms with van der Waals surface area (Å²) in [5, 5.41) is 9.11. The minimum atomic E-state index is -2.50. The Morgan fingerprint density at radius 2 is 1.67 bits per heavy atom. The van der Waals surface area contributed by atoms with Crippen molar-refractivity contribution in [3.05, 3.63) is 35.4 Å². The van der Waals surface area contributed by atoms with Crippen LogP contribution in [0.4, 0.5) is 8.78 Å². The van der Waals surface area contributed by atoms with Crippen molar-refractivity contribution in [2.45, 2.75) is 18.9 Å². The Labute approximate surface area is 123 Å².